The first kappa shape index (κ1) is 13.6. The van der Waals surface area contributed by atoms with E-state index >= 15 is 0 Å². The Bertz CT molecular complexity index is 394. The van der Waals surface area contributed by atoms with Crippen LogP contribution in [0.3, 0.4) is 0 Å². The van der Waals surface area contributed by atoms with Gasteiger partial charge in [0.1, 0.15) is 0 Å². The van der Waals surface area contributed by atoms with Crippen molar-refractivity contribution < 1.29 is 0 Å². The molecule has 1 aromatic carbocycles. The maximum atomic E-state index is 5.97. The molecule has 1 aliphatic rings. The molecule has 0 bridgehead atoms. The first-order valence-corrected chi connectivity index (χ1v) is 7.37. The summed E-state index contributed by atoms with van der Waals surface area (Å²) in [6, 6.07) is 8.64. The lowest BCUT2D eigenvalue weighted by Crippen LogP contribution is -2.24. The molecule has 0 aliphatic heterocycles. The van der Waals surface area contributed by atoms with E-state index in [2.05, 4.69) is 30.4 Å². The fourth-order valence-corrected chi connectivity index (χ4v) is 2.66. The van der Waals surface area contributed by atoms with Crippen molar-refractivity contribution in [2.75, 3.05) is 6.54 Å². The molecule has 18 heavy (non-hydrogen) atoms. The lowest BCUT2D eigenvalue weighted by molar-refractivity contribution is 0.547. The summed E-state index contributed by atoms with van der Waals surface area (Å²) in [7, 11) is 0. The van der Waals surface area contributed by atoms with Gasteiger partial charge < -0.3 is 5.32 Å². The van der Waals surface area contributed by atoms with Gasteiger partial charge in [-0.2, -0.15) is 0 Å². The van der Waals surface area contributed by atoms with Gasteiger partial charge in [-0.25, -0.2) is 0 Å². The third-order valence-corrected chi connectivity index (χ3v) is 3.75. The molecule has 0 fully saturated rings. The standard InChI is InChI=1S/C16H22ClN/c1-2-12-18-16(13-6-4-3-5-7-13)14-8-10-15(17)11-9-14/h6,8-11,16,18H,2-5,7,12H2,1H3. The smallest absolute Gasteiger partial charge is 0.0536 e. The van der Waals surface area contributed by atoms with Crippen molar-refractivity contribution >= 4 is 11.6 Å². The summed E-state index contributed by atoms with van der Waals surface area (Å²) in [5.41, 5.74) is 2.89. The van der Waals surface area contributed by atoms with Crippen LogP contribution in [0.25, 0.3) is 0 Å². The molecule has 1 aliphatic carbocycles. The van der Waals surface area contributed by atoms with Crippen molar-refractivity contribution in [2.45, 2.75) is 45.1 Å². The Labute approximate surface area is 115 Å². The van der Waals surface area contributed by atoms with E-state index in [0.717, 1.165) is 18.0 Å². The third-order valence-electron chi connectivity index (χ3n) is 3.50. The molecule has 0 radical (unpaired) electrons. The zero-order chi connectivity index (χ0) is 12.8. The monoisotopic (exact) mass is 263 g/mol. The van der Waals surface area contributed by atoms with E-state index < -0.39 is 0 Å². The third kappa shape index (κ3) is 3.60. The summed E-state index contributed by atoms with van der Waals surface area (Å²) < 4.78 is 0. The topological polar surface area (TPSA) is 12.0 Å². The lowest BCUT2D eigenvalue weighted by atomic mass is 9.90. The highest BCUT2D eigenvalue weighted by Gasteiger charge is 2.17. The van der Waals surface area contributed by atoms with Gasteiger partial charge in [0.15, 0.2) is 0 Å². The van der Waals surface area contributed by atoms with Crippen LogP contribution in [0.15, 0.2) is 35.9 Å². The molecule has 0 spiro atoms. The van der Waals surface area contributed by atoms with E-state index in [1.165, 1.54) is 31.2 Å². The Kier molecular flexibility index (Phi) is 5.27. The number of allylic oxidation sites excluding steroid dienone is 1. The summed E-state index contributed by atoms with van der Waals surface area (Å²) in [5.74, 6) is 0. The van der Waals surface area contributed by atoms with Crippen LogP contribution in [-0.4, -0.2) is 6.54 Å². The quantitative estimate of drug-likeness (QED) is 0.747. The second-order valence-electron chi connectivity index (χ2n) is 4.96. The molecule has 1 atom stereocenters. The van der Waals surface area contributed by atoms with Gasteiger partial charge in [0.05, 0.1) is 6.04 Å². The van der Waals surface area contributed by atoms with Crippen LogP contribution in [0.5, 0.6) is 0 Å². The Morgan fingerprint density at radius 1 is 1.22 bits per heavy atom. The largest absolute Gasteiger partial charge is 0.307 e. The van der Waals surface area contributed by atoms with Crippen LogP contribution in [-0.2, 0) is 0 Å². The Morgan fingerprint density at radius 2 is 2.00 bits per heavy atom. The van der Waals surface area contributed by atoms with Crippen LogP contribution in [0, 0.1) is 0 Å². The minimum atomic E-state index is 0.377. The molecule has 0 aromatic heterocycles. The van der Waals surface area contributed by atoms with E-state index in [9.17, 15) is 0 Å². The number of benzene rings is 1. The van der Waals surface area contributed by atoms with Gasteiger partial charge in [-0.1, -0.05) is 42.3 Å². The SMILES string of the molecule is CCCNC(C1=CCCCC1)c1ccc(Cl)cc1. The summed E-state index contributed by atoms with van der Waals surface area (Å²) in [4.78, 5) is 0. The maximum Gasteiger partial charge on any atom is 0.0536 e. The normalized spacial score (nSPS) is 17.3. The summed E-state index contributed by atoms with van der Waals surface area (Å²) in [5, 5.41) is 4.47. The molecular weight excluding hydrogens is 242 g/mol. The fraction of sp³-hybridized carbons (Fsp3) is 0.500. The van der Waals surface area contributed by atoms with Crippen LogP contribution < -0.4 is 5.32 Å². The minimum Gasteiger partial charge on any atom is -0.307 e. The number of rotatable bonds is 5. The number of hydrogen-bond acceptors (Lipinski definition) is 1. The lowest BCUT2D eigenvalue weighted by Gasteiger charge is -2.25. The second kappa shape index (κ2) is 6.96. The summed E-state index contributed by atoms with van der Waals surface area (Å²) in [6.07, 6.45) is 8.70. The summed E-state index contributed by atoms with van der Waals surface area (Å²) in [6.45, 7) is 3.27. The predicted octanol–water partition coefficient (Wildman–Crippen LogP) is 4.88. The van der Waals surface area contributed by atoms with Gasteiger partial charge in [0.2, 0.25) is 0 Å². The zero-order valence-corrected chi connectivity index (χ0v) is 11.8. The van der Waals surface area contributed by atoms with Crippen molar-refractivity contribution in [2.24, 2.45) is 0 Å². The zero-order valence-electron chi connectivity index (χ0n) is 11.1. The second-order valence-corrected chi connectivity index (χ2v) is 5.40. The molecular formula is C16H22ClN. The van der Waals surface area contributed by atoms with Gasteiger partial charge in [0, 0.05) is 5.02 Å². The average molecular weight is 264 g/mol. The van der Waals surface area contributed by atoms with Crippen molar-refractivity contribution in [1.82, 2.24) is 5.32 Å². The van der Waals surface area contributed by atoms with Crippen LogP contribution >= 0.6 is 11.6 Å². The van der Waals surface area contributed by atoms with Crippen molar-refractivity contribution in [3.05, 3.63) is 46.5 Å². The van der Waals surface area contributed by atoms with Crippen molar-refractivity contribution in [1.29, 1.82) is 0 Å². The van der Waals surface area contributed by atoms with E-state index in [1.54, 1.807) is 5.57 Å². The molecule has 1 N–H and O–H groups in total. The van der Waals surface area contributed by atoms with E-state index in [0.29, 0.717) is 6.04 Å². The fourth-order valence-electron chi connectivity index (χ4n) is 2.53. The van der Waals surface area contributed by atoms with E-state index in [-0.39, 0.29) is 0 Å². The Hall–Kier alpha value is -0.790. The Balaban J connectivity index is 2.18. The molecule has 1 unspecified atom stereocenters. The number of hydrogen-bond donors (Lipinski definition) is 1. The van der Waals surface area contributed by atoms with Gasteiger partial charge in [-0.3, -0.25) is 0 Å². The highest BCUT2D eigenvalue weighted by atomic mass is 35.5. The van der Waals surface area contributed by atoms with Crippen LogP contribution in [0.1, 0.15) is 50.6 Å². The molecule has 0 amide bonds. The average Bonchev–Trinajstić information content (AvgIpc) is 2.42. The molecule has 0 saturated carbocycles. The van der Waals surface area contributed by atoms with Crippen molar-refractivity contribution in [3.8, 4) is 0 Å². The molecule has 0 heterocycles. The van der Waals surface area contributed by atoms with Gasteiger partial charge in [-0.15, -0.1) is 0 Å². The minimum absolute atomic E-state index is 0.377. The van der Waals surface area contributed by atoms with Crippen molar-refractivity contribution in [3.63, 3.8) is 0 Å². The van der Waals surface area contributed by atoms with Gasteiger partial charge >= 0.3 is 0 Å². The molecule has 98 valence electrons. The maximum absolute atomic E-state index is 5.97. The van der Waals surface area contributed by atoms with E-state index in [1.807, 2.05) is 12.1 Å². The Morgan fingerprint density at radius 3 is 2.61 bits per heavy atom. The van der Waals surface area contributed by atoms with Crippen LogP contribution in [0.4, 0.5) is 0 Å². The highest BCUT2D eigenvalue weighted by Crippen LogP contribution is 2.30. The highest BCUT2D eigenvalue weighted by molar-refractivity contribution is 6.30. The van der Waals surface area contributed by atoms with Gasteiger partial charge in [0.25, 0.3) is 0 Å². The first-order chi connectivity index (χ1) is 8.81. The number of nitrogens with one attached hydrogen (secondary N) is 1. The van der Waals surface area contributed by atoms with E-state index in [4.69, 9.17) is 11.6 Å². The summed E-state index contributed by atoms with van der Waals surface area (Å²) >= 11 is 5.97. The molecule has 2 rings (SSSR count). The molecule has 2 heteroatoms. The molecule has 1 aromatic rings. The molecule has 0 saturated heterocycles. The van der Waals surface area contributed by atoms with Crippen LogP contribution in [0.2, 0.25) is 5.02 Å². The first-order valence-electron chi connectivity index (χ1n) is 6.99. The molecule has 1 nitrogen and oxygen atoms in total. The predicted molar refractivity (Wildman–Crippen MR) is 79.0 cm³/mol. The van der Waals surface area contributed by atoms with Gasteiger partial charge in [-0.05, 0) is 56.3 Å². The number of halogens is 1.